The molecule has 0 unspecified atom stereocenters. The van der Waals surface area contributed by atoms with Crippen LogP contribution in [0.5, 0.6) is 5.75 Å². The number of carbonyl (C=O) groups is 1. The summed E-state index contributed by atoms with van der Waals surface area (Å²) in [5, 5.41) is 2.91. The molecule has 1 aromatic rings. The van der Waals surface area contributed by atoms with Crippen LogP contribution in [0.25, 0.3) is 0 Å². The summed E-state index contributed by atoms with van der Waals surface area (Å²) in [7, 11) is 0. The molecule has 0 aliphatic heterocycles. The Labute approximate surface area is 135 Å². The van der Waals surface area contributed by atoms with Gasteiger partial charge in [0.25, 0.3) is 0 Å². The Morgan fingerprint density at radius 2 is 2.10 bits per heavy atom. The zero-order chi connectivity index (χ0) is 15.7. The van der Waals surface area contributed by atoms with E-state index in [9.17, 15) is 4.79 Å². The number of nitrogens with one attached hydrogen (secondary N) is 1. The summed E-state index contributed by atoms with van der Waals surface area (Å²) >= 11 is 3.39. The lowest BCUT2D eigenvalue weighted by Crippen LogP contribution is -2.49. The van der Waals surface area contributed by atoms with Crippen LogP contribution in [0.15, 0.2) is 28.7 Å². The van der Waals surface area contributed by atoms with Crippen LogP contribution in [-0.2, 0) is 4.79 Å². The van der Waals surface area contributed by atoms with Crippen molar-refractivity contribution in [1.82, 2.24) is 5.32 Å². The number of carbonyl (C=O) groups excluding carboxylic acids is 1. The largest absolute Gasteiger partial charge is 0.494 e. The second-order valence-electron chi connectivity index (χ2n) is 5.26. The van der Waals surface area contributed by atoms with E-state index in [4.69, 9.17) is 10.5 Å². The second-order valence-corrected chi connectivity index (χ2v) is 6.17. The highest BCUT2D eigenvalue weighted by Gasteiger charge is 2.20. The summed E-state index contributed by atoms with van der Waals surface area (Å²) in [6.45, 7) is 5.15. The molecular weight excluding hydrogens is 332 g/mol. The molecule has 0 atom stereocenters. The van der Waals surface area contributed by atoms with Crippen LogP contribution in [0.4, 0.5) is 0 Å². The van der Waals surface area contributed by atoms with Crippen molar-refractivity contribution in [2.45, 2.75) is 45.1 Å². The van der Waals surface area contributed by atoms with E-state index in [0.29, 0.717) is 26.0 Å². The van der Waals surface area contributed by atoms with E-state index >= 15 is 0 Å². The summed E-state index contributed by atoms with van der Waals surface area (Å²) in [5.74, 6) is 0.840. The Bertz CT molecular complexity index is 448. The van der Waals surface area contributed by atoms with Crippen molar-refractivity contribution in [2.75, 3.05) is 13.2 Å². The highest BCUT2D eigenvalue weighted by Crippen LogP contribution is 2.17. The average molecular weight is 357 g/mol. The Balaban J connectivity index is 2.19. The number of nitrogens with two attached hydrogens (primary N) is 1. The van der Waals surface area contributed by atoms with E-state index < -0.39 is 0 Å². The summed E-state index contributed by atoms with van der Waals surface area (Å²) in [5.41, 5.74) is 5.86. The van der Waals surface area contributed by atoms with Crippen LogP contribution in [0.1, 0.15) is 39.5 Å². The summed E-state index contributed by atoms with van der Waals surface area (Å²) < 4.78 is 6.57. The molecule has 0 spiro atoms. The smallest absolute Gasteiger partial charge is 0.220 e. The van der Waals surface area contributed by atoms with Gasteiger partial charge in [-0.05, 0) is 37.5 Å². The quantitative estimate of drug-likeness (QED) is 0.667. The monoisotopic (exact) mass is 356 g/mol. The fourth-order valence-electron chi connectivity index (χ4n) is 1.84. The molecular formula is C16H25BrN2O2. The van der Waals surface area contributed by atoms with E-state index in [1.165, 1.54) is 0 Å². The molecule has 0 radical (unpaired) electrons. The van der Waals surface area contributed by atoms with Gasteiger partial charge in [-0.25, -0.2) is 0 Å². The average Bonchev–Trinajstić information content (AvgIpc) is 2.49. The van der Waals surface area contributed by atoms with Crippen molar-refractivity contribution in [3.05, 3.63) is 28.7 Å². The number of benzene rings is 1. The van der Waals surface area contributed by atoms with Crippen molar-refractivity contribution >= 4 is 21.8 Å². The number of hydrogen-bond acceptors (Lipinski definition) is 3. The highest BCUT2D eigenvalue weighted by molar-refractivity contribution is 9.10. The van der Waals surface area contributed by atoms with Gasteiger partial charge in [0, 0.05) is 23.0 Å². The maximum absolute atomic E-state index is 11.8. The first-order valence-electron chi connectivity index (χ1n) is 7.43. The van der Waals surface area contributed by atoms with Crippen molar-refractivity contribution in [3.8, 4) is 5.75 Å². The van der Waals surface area contributed by atoms with Gasteiger partial charge < -0.3 is 15.8 Å². The van der Waals surface area contributed by atoms with Crippen molar-refractivity contribution in [2.24, 2.45) is 5.73 Å². The lowest BCUT2D eigenvalue weighted by molar-refractivity contribution is -0.121. The number of amides is 1. The van der Waals surface area contributed by atoms with Gasteiger partial charge in [-0.3, -0.25) is 4.79 Å². The van der Waals surface area contributed by atoms with E-state index in [-0.39, 0.29) is 11.4 Å². The number of ether oxygens (including phenoxy) is 1. The predicted octanol–water partition coefficient (Wildman–Crippen LogP) is 3.24. The topological polar surface area (TPSA) is 64.3 Å². The number of rotatable bonds is 9. The maximum atomic E-state index is 11.8. The minimum atomic E-state index is -0.289. The predicted molar refractivity (Wildman–Crippen MR) is 89.4 cm³/mol. The number of hydrogen-bond donors (Lipinski definition) is 2. The minimum absolute atomic E-state index is 0.0320. The first kappa shape index (κ1) is 18.0. The zero-order valence-corrected chi connectivity index (χ0v) is 14.4. The normalized spacial score (nSPS) is 11.2. The molecule has 0 heterocycles. The fraction of sp³-hybridized carbons (Fsp3) is 0.562. The van der Waals surface area contributed by atoms with E-state index in [0.717, 1.165) is 23.1 Å². The lowest BCUT2D eigenvalue weighted by Gasteiger charge is -2.26. The first-order chi connectivity index (χ1) is 9.99. The van der Waals surface area contributed by atoms with Gasteiger partial charge in [0.05, 0.1) is 6.61 Å². The Morgan fingerprint density at radius 1 is 1.38 bits per heavy atom. The van der Waals surface area contributed by atoms with Gasteiger partial charge >= 0.3 is 0 Å². The standard InChI is InChI=1S/C16H25BrN2O2/c1-3-16(18,4-2)12-19-15(20)9-6-10-21-14-8-5-7-13(17)11-14/h5,7-8,11H,3-4,6,9-10,12,18H2,1-2H3,(H,19,20). The van der Waals surface area contributed by atoms with Crippen LogP contribution in [0.3, 0.4) is 0 Å². The molecule has 0 fully saturated rings. The zero-order valence-electron chi connectivity index (χ0n) is 12.8. The summed E-state index contributed by atoms with van der Waals surface area (Å²) in [4.78, 5) is 11.8. The molecule has 0 saturated carbocycles. The molecule has 0 aliphatic carbocycles. The minimum Gasteiger partial charge on any atom is -0.494 e. The molecule has 1 rings (SSSR count). The fourth-order valence-corrected chi connectivity index (χ4v) is 2.22. The first-order valence-corrected chi connectivity index (χ1v) is 8.22. The second kappa shape index (κ2) is 9.05. The third-order valence-electron chi connectivity index (χ3n) is 3.66. The summed E-state index contributed by atoms with van der Waals surface area (Å²) in [6, 6.07) is 7.67. The highest BCUT2D eigenvalue weighted by atomic mass is 79.9. The van der Waals surface area contributed by atoms with Crippen LogP contribution in [0.2, 0.25) is 0 Å². The SMILES string of the molecule is CCC(N)(CC)CNC(=O)CCCOc1cccc(Br)c1. The van der Waals surface area contributed by atoms with Crippen molar-refractivity contribution < 1.29 is 9.53 Å². The van der Waals surface area contributed by atoms with Crippen molar-refractivity contribution in [3.63, 3.8) is 0 Å². The van der Waals surface area contributed by atoms with Crippen LogP contribution < -0.4 is 15.8 Å². The molecule has 5 heteroatoms. The Kier molecular flexibility index (Phi) is 7.75. The third-order valence-corrected chi connectivity index (χ3v) is 4.15. The third kappa shape index (κ3) is 6.96. The molecule has 4 nitrogen and oxygen atoms in total. The lowest BCUT2D eigenvalue weighted by atomic mass is 9.94. The van der Waals surface area contributed by atoms with Crippen LogP contribution in [0, 0.1) is 0 Å². The van der Waals surface area contributed by atoms with E-state index in [1.807, 2.05) is 38.1 Å². The van der Waals surface area contributed by atoms with Crippen LogP contribution >= 0.6 is 15.9 Å². The van der Waals surface area contributed by atoms with Gasteiger partial charge in [-0.1, -0.05) is 35.8 Å². The molecule has 0 saturated heterocycles. The molecule has 0 aromatic heterocycles. The van der Waals surface area contributed by atoms with E-state index in [2.05, 4.69) is 21.2 Å². The van der Waals surface area contributed by atoms with E-state index in [1.54, 1.807) is 0 Å². The Hall–Kier alpha value is -1.07. The van der Waals surface area contributed by atoms with Gasteiger partial charge in [0.1, 0.15) is 5.75 Å². The van der Waals surface area contributed by atoms with Gasteiger partial charge in [0.15, 0.2) is 0 Å². The molecule has 21 heavy (non-hydrogen) atoms. The van der Waals surface area contributed by atoms with Gasteiger partial charge in [-0.2, -0.15) is 0 Å². The van der Waals surface area contributed by atoms with Gasteiger partial charge in [-0.15, -0.1) is 0 Å². The summed E-state index contributed by atoms with van der Waals surface area (Å²) in [6.07, 6.45) is 2.86. The molecule has 1 aromatic carbocycles. The molecule has 1 amide bonds. The van der Waals surface area contributed by atoms with Gasteiger partial charge in [0.2, 0.25) is 5.91 Å². The molecule has 0 bridgehead atoms. The number of halogens is 1. The molecule has 3 N–H and O–H groups in total. The van der Waals surface area contributed by atoms with Crippen LogP contribution in [-0.4, -0.2) is 24.6 Å². The Morgan fingerprint density at radius 3 is 2.71 bits per heavy atom. The molecule has 0 aliphatic rings. The molecule has 118 valence electrons. The maximum Gasteiger partial charge on any atom is 0.220 e. The van der Waals surface area contributed by atoms with Crippen molar-refractivity contribution in [1.29, 1.82) is 0 Å².